The van der Waals surface area contributed by atoms with Crippen molar-refractivity contribution in [3.63, 3.8) is 0 Å². The fourth-order valence-electron chi connectivity index (χ4n) is 2.94. The number of rotatable bonds is 3. The molecule has 3 nitrogen and oxygen atoms in total. The topological polar surface area (TPSA) is 41.1 Å². The van der Waals surface area contributed by atoms with Crippen molar-refractivity contribution in [3.05, 3.63) is 34.7 Å². The van der Waals surface area contributed by atoms with Crippen LogP contribution in [0, 0.1) is 0 Å². The Morgan fingerprint density at radius 1 is 1.40 bits per heavy atom. The number of carbonyl (C=O) groups is 1. The molecular formula is C16H20N2OS. The first-order valence-electron chi connectivity index (χ1n) is 7.25. The van der Waals surface area contributed by atoms with Crippen LogP contribution in [0.5, 0.6) is 0 Å². The zero-order valence-corrected chi connectivity index (χ0v) is 12.6. The number of benzene rings is 1. The molecule has 2 heterocycles. The molecule has 0 aliphatic carbocycles. The Morgan fingerprint density at radius 2 is 2.25 bits per heavy atom. The molecule has 1 aliphatic heterocycles. The molecule has 1 saturated heterocycles. The molecule has 1 aliphatic rings. The molecule has 0 saturated carbocycles. The summed E-state index contributed by atoms with van der Waals surface area (Å²) in [5.41, 5.74) is 1.21. The van der Waals surface area contributed by atoms with Gasteiger partial charge in [-0.15, -0.1) is 11.3 Å². The molecule has 2 aromatic rings. The molecule has 3 rings (SSSR count). The number of amides is 1. The van der Waals surface area contributed by atoms with Gasteiger partial charge in [0.25, 0.3) is 5.91 Å². The van der Waals surface area contributed by atoms with Crippen LogP contribution in [0.25, 0.3) is 10.1 Å². The monoisotopic (exact) mass is 288 g/mol. The van der Waals surface area contributed by atoms with E-state index < -0.39 is 0 Å². The molecule has 2 N–H and O–H groups in total. The van der Waals surface area contributed by atoms with Gasteiger partial charge < -0.3 is 10.6 Å². The zero-order chi connectivity index (χ0) is 13.9. The molecule has 1 aromatic carbocycles. The van der Waals surface area contributed by atoms with Gasteiger partial charge in [0, 0.05) is 17.8 Å². The van der Waals surface area contributed by atoms with E-state index in [0.717, 1.165) is 17.8 Å². The number of nitrogens with one attached hydrogen (secondary N) is 2. The number of carbonyl (C=O) groups excluding carboxylic acids is 1. The summed E-state index contributed by atoms with van der Waals surface area (Å²) in [5, 5.41) is 7.59. The van der Waals surface area contributed by atoms with Gasteiger partial charge in [0.15, 0.2) is 0 Å². The van der Waals surface area contributed by atoms with E-state index in [1.807, 2.05) is 6.07 Å². The molecule has 0 bridgehead atoms. The van der Waals surface area contributed by atoms with Gasteiger partial charge in [-0.3, -0.25) is 4.79 Å². The predicted molar refractivity (Wildman–Crippen MR) is 84.6 cm³/mol. The van der Waals surface area contributed by atoms with Crippen LogP contribution in [0.2, 0.25) is 0 Å². The van der Waals surface area contributed by atoms with Gasteiger partial charge in [-0.05, 0) is 42.8 Å². The van der Waals surface area contributed by atoms with Crippen molar-refractivity contribution in [2.75, 3.05) is 13.6 Å². The summed E-state index contributed by atoms with van der Waals surface area (Å²) in [6.07, 6.45) is 4.71. The third-order valence-electron chi connectivity index (χ3n) is 3.99. The molecule has 1 fully saturated rings. The van der Waals surface area contributed by atoms with Crippen molar-refractivity contribution in [1.82, 2.24) is 10.6 Å². The lowest BCUT2D eigenvalue weighted by Gasteiger charge is -2.23. The predicted octanol–water partition coefficient (Wildman–Crippen LogP) is 2.95. The van der Waals surface area contributed by atoms with Crippen LogP contribution < -0.4 is 10.6 Å². The molecule has 4 heteroatoms. The van der Waals surface area contributed by atoms with Crippen molar-refractivity contribution < 1.29 is 4.79 Å². The molecular weight excluding hydrogens is 268 g/mol. The Labute approximate surface area is 123 Å². The van der Waals surface area contributed by atoms with Gasteiger partial charge in [0.05, 0.1) is 4.88 Å². The number of hydrogen-bond acceptors (Lipinski definition) is 3. The normalized spacial score (nSPS) is 19.1. The van der Waals surface area contributed by atoms with Crippen LogP contribution in [0.3, 0.4) is 0 Å². The summed E-state index contributed by atoms with van der Waals surface area (Å²) < 4.78 is 1.21. The lowest BCUT2D eigenvalue weighted by molar-refractivity contribution is 0.0966. The Balaban J connectivity index is 1.99. The van der Waals surface area contributed by atoms with Gasteiger partial charge in [0.1, 0.15) is 0 Å². The standard InChI is InChI=1S/C16H20N2OS/c1-17-16(19)15-13(10-11-6-4-5-9-18-11)12-7-2-3-8-14(12)20-15/h2-3,7-8,11,18H,4-6,9-10H2,1H3,(H,17,19)/t11-/m1/s1. The lowest BCUT2D eigenvalue weighted by Crippen LogP contribution is -2.36. The number of piperidine rings is 1. The molecule has 1 atom stereocenters. The lowest BCUT2D eigenvalue weighted by atomic mass is 9.96. The highest BCUT2D eigenvalue weighted by molar-refractivity contribution is 7.21. The van der Waals surface area contributed by atoms with Crippen LogP contribution in [-0.2, 0) is 6.42 Å². The third kappa shape index (κ3) is 2.58. The van der Waals surface area contributed by atoms with Crippen molar-refractivity contribution in [2.45, 2.75) is 31.7 Å². The van der Waals surface area contributed by atoms with Gasteiger partial charge in [-0.2, -0.15) is 0 Å². The number of fused-ring (bicyclic) bond motifs is 1. The van der Waals surface area contributed by atoms with E-state index in [2.05, 4.69) is 28.8 Å². The summed E-state index contributed by atoms with van der Waals surface area (Å²) in [6.45, 7) is 1.10. The fraction of sp³-hybridized carbons (Fsp3) is 0.438. The molecule has 106 valence electrons. The van der Waals surface area contributed by atoms with E-state index in [1.165, 1.54) is 34.9 Å². The number of hydrogen-bond donors (Lipinski definition) is 2. The smallest absolute Gasteiger partial charge is 0.261 e. The molecule has 1 amide bonds. The number of thiophene rings is 1. The summed E-state index contributed by atoms with van der Waals surface area (Å²) in [5.74, 6) is 0.0389. The minimum atomic E-state index is 0.0389. The molecule has 0 spiro atoms. The second-order valence-corrected chi connectivity index (χ2v) is 6.39. The summed E-state index contributed by atoms with van der Waals surface area (Å²) in [6, 6.07) is 8.83. The van der Waals surface area contributed by atoms with Crippen LogP contribution in [-0.4, -0.2) is 25.5 Å². The summed E-state index contributed by atoms with van der Waals surface area (Å²) in [4.78, 5) is 13.0. The molecule has 1 aromatic heterocycles. The van der Waals surface area contributed by atoms with Crippen LogP contribution in [0.4, 0.5) is 0 Å². The van der Waals surface area contributed by atoms with E-state index in [0.29, 0.717) is 6.04 Å². The van der Waals surface area contributed by atoms with E-state index in [9.17, 15) is 4.79 Å². The fourth-order valence-corrected chi connectivity index (χ4v) is 4.12. The Morgan fingerprint density at radius 3 is 3.00 bits per heavy atom. The largest absolute Gasteiger partial charge is 0.354 e. The van der Waals surface area contributed by atoms with Gasteiger partial charge >= 0.3 is 0 Å². The van der Waals surface area contributed by atoms with Crippen molar-refractivity contribution >= 4 is 27.3 Å². The molecule has 20 heavy (non-hydrogen) atoms. The third-order valence-corrected chi connectivity index (χ3v) is 5.21. The SMILES string of the molecule is CNC(=O)c1sc2ccccc2c1C[C@H]1CCCCN1. The Kier molecular flexibility index (Phi) is 4.03. The average Bonchev–Trinajstić information content (AvgIpc) is 2.86. The van der Waals surface area contributed by atoms with Gasteiger partial charge in [-0.1, -0.05) is 24.6 Å². The Hall–Kier alpha value is -1.39. The summed E-state index contributed by atoms with van der Waals surface area (Å²) >= 11 is 1.61. The highest BCUT2D eigenvalue weighted by Gasteiger charge is 2.21. The van der Waals surface area contributed by atoms with E-state index in [-0.39, 0.29) is 5.91 Å². The molecule has 0 unspecified atom stereocenters. The second-order valence-electron chi connectivity index (χ2n) is 5.34. The minimum Gasteiger partial charge on any atom is -0.354 e. The first-order valence-corrected chi connectivity index (χ1v) is 8.07. The second kappa shape index (κ2) is 5.94. The quantitative estimate of drug-likeness (QED) is 0.911. The highest BCUT2D eigenvalue weighted by Crippen LogP contribution is 2.32. The van der Waals surface area contributed by atoms with Crippen molar-refractivity contribution in [2.24, 2.45) is 0 Å². The van der Waals surface area contributed by atoms with Crippen LogP contribution in [0.15, 0.2) is 24.3 Å². The van der Waals surface area contributed by atoms with Crippen molar-refractivity contribution in [1.29, 1.82) is 0 Å². The van der Waals surface area contributed by atoms with E-state index >= 15 is 0 Å². The maximum atomic E-state index is 12.1. The first kappa shape index (κ1) is 13.6. The highest BCUT2D eigenvalue weighted by atomic mass is 32.1. The maximum Gasteiger partial charge on any atom is 0.261 e. The summed E-state index contributed by atoms with van der Waals surface area (Å²) in [7, 11) is 1.70. The Bertz CT molecular complexity index is 614. The van der Waals surface area contributed by atoms with E-state index in [4.69, 9.17) is 0 Å². The zero-order valence-electron chi connectivity index (χ0n) is 11.7. The van der Waals surface area contributed by atoms with Crippen LogP contribution >= 0.6 is 11.3 Å². The first-order chi connectivity index (χ1) is 9.79. The minimum absolute atomic E-state index is 0.0389. The van der Waals surface area contributed by atoms with Gasteiger partial charge in [-0.25, -0.2) is 0 Å². The maximum absolute atomic E-state index is 12.1. The average molecular weight is 288 g/mol. The van der Waals surface area contributed by atoms with Gasteiger partial charge in [0.2, 0.25) is 0 Å². The van der Waals surface area contributed by atoms with E-state index in [1.54, 1.807) is 18.4 Å². The molecule has 0 radical (unpaired) electrons. The van der Waals surface area contributed by atoms with Crippen molar-refractivity contribution in [3.8, 4) is 0 Å². The van der Waals surface area contributed by atoms with Crippen LogP contribution in [0.1, 0.15) is 34.5 Å².